The lowest BCUT2D eigenvalue weighted by Gasteiger charge is -2.21. The molecule has 3 N–H and O–H groups in total. The van der Waals surface area contributed by atoms with Crippen LogP contribution < -0.4 is 19.9 Å². The van der Waals surface area contributed by atoms with Gasteiger partial charge in [-0.3, -0.25) is 4.90 Å². The molecule has 6 heteroatoms. The number of hydrogen-bond acceptors (Lipinski definition) is 6. The molecule has 0 saturated carbocycles. The molecule has 0 aromatic heterocycles. The molecule has 2 aromatic carbocycles. The summed E-state index contributed by atoms with van der Waals surface area (Å²) >= 11 is 0. The summed E-state index contributed by atoms with van der Waals surface area (Å²) < 4.78 is 16.1. The number of nitrogen functional groups attached to an aromatic ring is 1. The Morgan fingerprint density at radius 3 is 2.36 bits per heavy atom. The summed E-state index contributed by atoms with van der Waals surface area (Å²) in [4.78, 5) is 2.03. The number of ether oxygens (including phenoxy) is 3. The van der Waals surface area contributed by atoms with E-state index in [-0.39, 0.29) is 6.61 Å². The highest BCUT2D eigenvalue weighted by Gasteiger charge is 2.11. The van der Waals surface area contributed by atoms with Crippen LogP contribution in [-0.2, 0) is 6.54 Å². The smallest absolute Gasteiger partial charge is 0.161 e. The maximum atomic E-state index is 10.2. The summed E-state index contributed by atoms with van der Waals surface area (Å²) in [5.74, 6) is 2.09. The number of nitrogens with zero attached hydrogens (tertiary/aromatic N) is 1. The van der Waals surface area contributed by atoms with Crippen LogP contribution in [0.1, 0.15) is 5.56 Å². The minimum atomic E-state index is -0.595. The average molecular weight is 346 g/mol. The highest BCUT2D eigenvalue weighted by Crippen LogP contribution is 2.27. The van der Waals surface area contributed by atoms with Gasteiger partial charge in [0, 0.05) is 18.8 Å². The number of methoxy groups -OCH3 is 2. The summed E-state index contributed by atoms with van der Waals surface area (Å²) in [6, 6.07) is 12.9. The van der Waals surface area contributed by atoms with E-state index in [0.717, 1.165) is 5.56 Å². The number of likely N-dealkylation sites (N-methyl/N-ethyl adjacent to an activating group) is 1. The second-order valence-corrected chi connectivity index (χ2v) is 5.92. The summed E-state index contributed by atoms with van der Waals surface area (Å²) in [6.07, 6.45) is -0.595. The number of rotatable bonds is 9. The largest absolute Gasteiger partial charge is 0.493 e. The Balaban J connectivity index is 1.82. The summed E-state index contributed by atoms with van der Waals surface area (Å²) in [6.45, 7) is 1.39. The first kappa shape index (κ1) is 18.9. The molecule has 0 aliphatic carbocycles. The first-order valence-corrected chi connectivity index (χ1v) is 8.07. The maximum absolute atomic E-state index is 10.2. The summed E-state index contributed by atoms with van der Waals surface area (Å²) in [5, 5.41) is 10.2. The standard InChI is InChI=1S/C19H26N2O4/c1-21(11-14-4-9-18(23-2)19(10-14)24-3)12-16(22)13-25-17-7-5-15(20)6-8-17/h4-10,16,22H,11-13,20H2,1-3H3. The molecule has 0 radical (unpaired) electrons. The summed E-state index contributed by atoms with van der Waals surface area (Å²) in [7, 11) is 5.17. The van der Waals surface area contributed by atoms with E-state index >= 15 is 0 Å². The van der Waals surface area contributed by atoms with Crippen molar-refractivity contribution in [3.63, 3.8) is 0 Å². The molecule has 0 spiro atoms. The Morgan fingerprint density at radius 1 is 1.04 bits per heavy atom. The van der Waals surface area contributed by atoms with Crippen molar-refractivity contribution in [3.05, 3.63) is 48.0 Å². The highest BCUT2D eigenvalue weighted by atomic mass is 16.5. The number of hydrogen-bond donors (Lipinski definition) is 2. The van der Waals surface area contributed by atoms with Gasteiger partial charge >= 0.3 is 0 Å². The van der Waals surface area contributed by atoms with E-state index in [4.69, 9.17) is 19.9 Å². The van der Waals surface area contributed by atoms with Crippen molar-refractivity contribution in [1.82, 2.24) is 4.90 Å². The Morgan fingerprint density at radius 2 is 1.72 bits per heavy atom. The van der Waals surface area contributed by atoms with Gasteiger partial charge in [-0.1, -0.05) is 6.07 Å². The molecule has 0 amide bonds. The first-order valence-electron chi connectivity index (χ1n) is 8.07. The molecular formula is C19H26N2O4. The fourth-order valence-electron chi connectivity index (χ4n) is 2.52. The molecule has 0 heterocycles. The highest BCUT2D eigenvalue weighted by molar-refractivity contribution is 5.43. The lowest BCUT2D eigenvalue weighted by atomic mass is 10.2. The lowest BCUT2D eigenvalue weighted by molar-refractivity contribution is 0.0744. The molecule has 0 aliphatic heterocycles. The van der Waals surface area contributed by atoms with Crippen LogP contribution in [0.2, 0.25) is 0 Å². The topological polar surface area (TPSA) is 77.2 Å². The van der Waals surface area contributed by atoms with E-state index in [1.807, 2.05) is 30.1 Å². The number of nitrogens with two attached hydrogens (primary N) is 1. The Labute approximate surface area is 148 Å². The van der Waals surface area contributed by atoms with Crippen LogP contribution in [0.3, 0.4) is 0 Å². The van der Waals surface area contributed by atoms with Crippen LogP contribution in [0.4, 0.5) is 5.69 Å². The van der Waals surface area contributed by atoms with Gasteiger partial charge in [-0.15, -0.1) is 0 Å². The third kappa shape index (κ3) is 5.85. The zero-order valence-corrected chi connectivity index (χ0v) is 14.9. The predicted octanol–water partition coefficient (Wildman–Crippen LogP) is 2.16. The van der Waals surface area contributed by atoms with Gasteiger partial charge in [-0.25, -0.2) is 0 Å². The molecule has 2 rings (SSSR count). The average Bonchev–Trinajstić information content (AvgIpc) is 2.61. The van der Waals surface area contributed by atoms with E-state index in [9.17, 15) is 5.11 Å². The molecule has 0 bridgehead atoms. The molecular weight excluding hydrogens is 320 g/mol. The maximum Gasteiger partial charge on any atom is 0.161 e. The second-order valence-electron chi connectivity index (χ2n) is 5.92. The summed E-state index contributed by atoms with van der Waals surface area (Å²) in [5.41, 5.74) is 7.39. The lowest BCUT2D eigenvalue weighted by Crippen LogP contribution is -2.32. The first-order chi connectivity index (χ1) is 12.0. The molecule has 1 unspecified atom stereocenters. The van der Waals surface area contributed by atoms with Gasteiger partial charge in [-0.2, -0.15) is 0 Å². The zero-order valence-electron chi connectivity index (χ0n) is 14.9. The number of aliphatic hydroxyl groups is 1. The van der Waals surface area contributed by atoms with Gasteiger partial charge in [0.15, 0.2) is 11.5 Å². The van der Waals surface area contributed by atoms with Crippen molar-refractivity contribution >= 4 is 5.69 Å². The number of benzene rings is 2. The normalized spacial score (nSPS) is 12.0. The van der Waals surface area contributed by atoms with Crippen LogP contribution in [0.25, 0.3) is 0 Å². The van der Waals surface area contributed by atoms with E-state index < -0.39 is 6.10 Å². The van der Waals surface area contributed by atoms with Crippen molar-refractivity contribution in [3.8, 4) is 17.2 Å². The van der Waals surface area contributed by atoms with Crippen molar-refractivity contribution < 1.29 is 19.3 Å². The van der Waals surface area contributed by atoms with Gasteiger partial charge in [0.05, 0.1) is 14.2 Å². The fraction of sp³-hybridized carbons (Fsp3) is 0.368. The third-order valence-corrected chi connectivity index (χ3v) is 3.75. The quantitative estimate of drug-likeness (QED) is 0.678. The van der Waals surface area contributed by atoms with Gasteiger partial charge in [0.25, 0.3) is 0 Å². The van der Waals surface area contributed by atoms with Crippen LogP contribution >= 0.6 is 0 Å². The molecule has 0 fully saturated rings. The van der Waals surface area contributed by atoms with Crippen molar-refractivity contribution in [2.45, 2.75) is 12.6 Å². The SMILES string of the molecule is COc1ccc(CN(C)CC(O)COc2ccc(N)cc2)cc1OC. The molecule has 25 heavy (non-hydrogen) atoms. The molecule has 1 atom stereocenters. The molecule has 2 aromatic rings. The van der Waals surface area contributed by atoms with Gasteiger partial charge in [-0.05, 0) is 49.0 Å². The van der Waals surface area contributed by atoms with Crippen molar-refractivity contribution in [1.29, 1.82) is 0 Å². The Bertz CT molecular complexity index is 661. The Kier molecular flexibility index (Phi) is 6.91. The van der Waals surface area contributed by atoms with E-state index in [0.29, 0.717) is 36.0 Å². The number of anilines is 1. The van der Waals surface area contributed by atoms with E-state index in [2.05, 4.69) is 0 Å². The molecule has 0 aliphatic rings. The zero-order chi connectivity index (χ0) is 18.2. The minimum absolute atomic E-state index is 0.222. The van der Waals surface area contributed by atoms with Crippen LogP contribution in [0.15, 0.2) is 42.5 Å². The van der Waals surface area contributed by atoms with Crippen molar-refractivity contribution in [2.75, 3.05) is 40.2 Å². The molecule has 0 saturated heterocycles. The molecule has 6 nitrogen and oxygen atoms in total. The van der Waals surface area contributed by atoms with Crippen LogP contribution in [-0.4, -0.2) is 50.5 Å². The number of aliphatic hydroxyl groups excluding tert-OH is 1. The predicted molar refractivity (Wildman–Crippen MR) is 98.2 cm³/mol. The van der Waals surface area contributed by atoms with E-state index in [1.165, 1.54) is 0 Å². The monoisotopic (exact) mass is 346 g/mol. The van der Waals surface area contributed by atoms with Gasteiger partial charge in [0.1, 0.15) is 18.5 Å². The van der Waals surface area contributed by atoms with Gasteiger partial charge in [0.2, 0.25) is 0 Å². The van der Waals surface area contributed by atoms with E-state index in [1.54, 1.807) is 38.5 Å². The van der Waals surface area contributed by atoms with Gasteiger partial charge < -0.3 is 25.1 Å². The van der Waals surface area contributed by atoms with Crippen molar-refractivity contribution in [2.24, 2.45) is 0 Å². The van der Waals surface area contributed by atoms with Crippen LogP contribution in [0, 0.1) is 0 Å². The third-order valence-electron chi connectivity index (χ3n) is 3.75. The second kappa shape index (κ2) is 9.15. The molecule has 136 valence electrons. The Hall–Kier alpha value is -2.44. The fourth-order valence-corrected chi connectivity index (χ4v) is 2.52. The van der Waals surface area contributed by atoms with Crippen LogP contribution in [0.5, 0.6) is 17.2 Å². The minimum Gasteiger partial charge on any atom is -0.493 e.